The van der Waals surface area contributed by atoms with Gasteiger partial charge >= 0.3 is 0 Å². The topological polar surface area (TPSA) is 90.3 Å². The molecule has 2 N–H and O–H groups in total. The summed E-state index contributed by atoms with van der Waals surface area (Å²) in [6, 6.07) is 4.19. The summed E-state index contributed by atoms with van der Waals surface area (Å²) < 4.78 is 25.8. The maximum Gasteiger partial charge on any atom is 0.258 e. The first-order valence-corrected chi connectivity index (χ1v) is 9.36. The molecule has 1 fully saturated rings. The van der Waals surface area contributed by atoms with Gasteiger partial charge in [-0.15, -0.1) is 0 Å². The van der Waals surface area contributed by atoms with Crippen LogP contribution in [-0.2, 0) is 23.1 Å². The van der Waals surface area contributed by atoms with E-state index in [4.69, 9.17) is 9.47 Å². The number of amides is 1. The van der Waals surface area contributed by atoms with E-state index in [1.807, 2.05) is 0 Å². The van der Waals surface area contributed by atoms with Crippen LogP contribution in [0, 0.1) is 5.82 Å². The summed E-state index contributed by atoms with van der Waals surface area (Å²) in [4.78, 5) is 17.1. The molecule has 3 rings (SSSR count). The van der Waals surface area contributed by atoms with Crippen molar-refractivity contribution in [2.45, 2.75) is 25.4 Å². The number of hydrogen-bond acceptors (Lipinski definition) is 6. The molecule has 0 radical (unpaired) electrons. The van der Waals surface area contributed by atoms with Gasteiger partial charge in [-0.1, -0.05) is 0 Å². The summed E-state index contributed by atoms with van der Waals surface area (Å²) in [5.41, 5.74) is 0.648. The molecule has 1 saturated heterocycles. The Morgan fingerprint density at radius 1 is 1.36 bits per heavy atom. The smallest absolute Gasteiger partial charge is 0.258 e. The Kier molecular flexibility index (Phi) is 7.07. The number of aromatic nitrogens is 3. The van der Waals surface area contributed by atoms with Crippen LogP contribution >= 0.6 is 0 Å². The fraction of sp³-hybridized carbons (Fsp3) is 0.526. The van der Waals surface area contributed by atoms with Crippen LogP contribution in [0.3, 0.4) is 0 Å². The molecular formula is C19H26FN5O3. The SMILES string of the molecule is COCCOCc1cc(C(=O)Nc2nc(C3CCNCC3)nn2C)ccc1F. The molecule has 1 amide bonds. The van der Waals surface area contributed by atoms with Crippen LogP contribution in [0.25, 0.3) is 0 Å². The predicted molar refractivity (Wildman–Crippen MR) is 102 cm³/mol. The van der Waals surface area contributed by atoms with Gasteiger partial charge in [0.15, 0.2) is 5.82 Å². The third-order valence-electron chi connectivity index (χ3n) is 4.71. The number of ether oxygens (including phenoxy) is 2. The van der Waals surface area contributed by atoms with Crippen LogP contribution in [0.2, 0.25) is 0 Å². The summed E-state index contributed by atoms with van der Waals surface area (Å²) in [5, 5.41) is 10.5. The highest BCUT2D eigenvalue weighted by atomic mass is 19.1. The van der Waals surface area contributed by atoms with Crippen molar-refractivity contribution in [1.82, 2.24) is 20.1 Å². The molecule has 152 valence electrons. The number of methoxy groups -OCH3 is 1. The molecule has 2 heterocycles. The minimum atomic E-state index is -0.416. The van der Waals surface area contributed by atoms with E-state index >= 15 is 0 Å². The van der Waals surface area contributed by atoms with E-state index in [-0.39, 0.29) is 12.5 Å². The molecule has 0 aliphatic carbocycles. The van der Waals surface area contributed by atoms with Crippen molar-refractivity contribution < 1.29 is 18.7 Å². The van der Waals surface area contributed by atoms with Crippen molar-refractivity contribution in [3.05, 3.63) is 41.0 Å². The summed E-state index contributed by atoms with van der Waals surface area (Å²) in [7, 11) is 3.31. The fourth-order valence-corrected chi connectivity index (χ4v) is 3.09. The van der Waals surface area contributed by atoms with Gasteiger partial charge in [-0.3, -0.25) is 10.1 Å². The van der Waals surface area contributed by atoms with E-state index in [2.05, 4.69) is 20.7 Å². The largest absolute Gasteiger partial charge is 0.382 e. The summed E-state index contributed by atoms with van der Waals surface area (Å²) in [6.07, 6.45) is 1.95. The number of halogens is 1. The third-order valence-corrected chi connectivity index (χ3v) is 4.71. The van der Waals surface area contributed by atoms with Gasteiger partial charge in [0.2, 0.25) is 5.95 Å². The highest BCUT2D eigenvalue weighted by Gasteiger charge is 2.21. The number of nitrogens with one attached hydrogen (secondary N) is 2. The van der Waals surface area contributed by atoms with Gasteiger partial charge in [-0.2, -0.15) is 10.1 Å². The Morgan fingerprint density at radius 3 is 2.89 bits per heavy atom. The van der Waals surface area contributed by atoms with E-state index in [0.29, 0.717) is 36.2 Å². The molecule has 2 aromatic rings. The highest BCUT2D eigenvalue weighted by Crippen LogP contribution is 2.23. The molecule has 1 aromatic carbocycles. The lowest BCUT2D eigenvalue weighted by Crippen LogP contribution is -2.27. The number of aryl methyl sites for hydroxylation is 1. The van der Waals surface area contributed by atoms with E-state index < -0.39 is 5.82 Å². The van der Waals surface area contributed by atoms with Crippen LogP contribution in [0.4, 0.5) is 10.3 Å². The number of nitrogens with zero attached hydrogens (tertiary/aromatic N) is 3. The lowest BCUT2D eigenvalue weighted by molar-refractivity contribution is 0.0604. The molecule has 1 aromatic heterocycles. The standard InChI is InChI=1S/C19H26FN5O3/c1-25-19(22-17(24-25)13-5-7-21-8-6-13)23-18(26)14-3-4-16(20)15(11-14)12-28-10-9-27-2/h3-4,11,13,21H,5-10,12H2,1-2H3,(H,22,23,24,26). The molecule has 1 aliphatic rings. The van der Waals surface area contributed by atoms with Gasteiger partial charge in [-0.25, -0.2) is 9.07 Å². The van der Waals surface area contributed by atoms with E-state index in [0.717, 1.165) is 31.8 Å². The van der Waals surface area contributed by atoms with Crippen molar-refractivity contribution >= 4 is 11.9 Å². The average Bonchev–Trinajstić information content (AvgIpc) is 3.07. The van der Waals surface area contributed by atoms with Gasteiger partial charge in [0.1, 0.15) is 5.82 Å². The van der Waals surface area contributed by atoms with E-state index in [9.17, 15) is 9.18 Å². The first-order chi connectivity index (χ1) is 13.6. The minimum Gasteiger partial charge on any atom is -0.382 e. The monoisotopic (exact) mass is 391 g/mol. The number of anilines is 1. The predicted octanol–water partition coefficient (Wildman–Crippen LogP) is 1.84. The number of rotatable bonds is 8. The summed E-state index contributed by atoms with van der Waals surface area (Å²) in [6.45, 7) is 2.73. The zero-order chi connectivity index (χ0) is 19.9. The maximum atomic E-state index is 14.0. The molecule has 0 bridgehead atoms. The van der Waals surface area contributed by atoms with Crippen molar-refractivity contribution in [3.63, 3.8) is 0 Å². The van der Waals surface area contributed by atoms with Crippen LogP contribution < -0.4 is 10.6 Å². The van der Waals surface area contributed by atoms with Gasteiger partial charge in [-0.05, 0) is 44.1 Å². The number of benzene rings is 1. The number of piperidine rings is 1. The van der Waals surface area contributed by atoms with Gasteiger partial charge < -0.3 is 14.8 Å². The highest BCUT2D eigenvalue weighted by molar-refractivity contribution is 6.03. The molecule has 8 nitrogen and oxygen atoms in total. The number of carbonyl (C=O) groups excluding carboxylic acids is 1. The second-order valence-electron chi connectivity index (χ2n) is 6.75. The van der Waals surface area contributed by atoms with Crippen LogP contribution in [0.15, 0.2) is 18.2 Å². The van der Waals surface area contributed by atoms with E-state index in [1.165, 1.54) is 18.2 Å². The lowest BCUT2D eigenvalue weighted by Gasteiger charge is -2.19. The van der Waals surface area contributed by atoms with Crippen molar-refractivity contribution in [2.75, 3.05) is 38.7 Å². The molecule has 0 atom stereocenters. The van der Waals surface area contributed by atoms with Gasteiger partial charge in [0.25, 0.3) is 5.91 Å². The lowest BCUT2D eigenvalue weighted by atomic mass is 9.98. The summed E-state index contributed by atoms with van der Waals surface area (Å²) >= 11 is 0. The zero-order valence-electron chi connectivity index (χ0n) is 16.2. The Morgan fingerprint density at radius 2 is 2.14 bits per heavy atom. The second-order valence-corrected chi connectivity index (χ2v) is 6.75. The maximum absolute atomic E-state index is 14.0. The molecule has 9 heteroatoms. The second kappa shape index (κ2) is 9.72. The van der Waals surface area contributed by atoms with Crippen LogP contribution in [-0.4, -0.2) is 54.1 Å². The Labute approximate surface area is 163 Å². The molecular weight excluding hydrogens is 365 g/mol. The first kappa shape index (κ1) is 20.4. The molecule has 0 saturated carbocycles. The molecule has 0 unspecified atom stereocenters. The first-order valence-electron chi connectivity index (χ1n) is 9.36. The van der Waals surface area contributed by atoms with Crippen LogP contribution in [0.1, 0.15) is 40.5 Å². The average molecular weight is 391 g/mol. The van der Waals surface area contributed by atoms with Crippen molar-refractivity contribution in [1.29, 1.82) is 0 Å². The third kappa shape index (κ3) is 5.12. The molecule has 1 aliphatic heterocycles. The Balaban J connectivity index is 1.66. The number of hydrogen-bond donors (Lipinski definition) is 2. The van der Waals surface area contributed by atoms with Crippen molar-refractivity contribution in [2.24, 2.45) is 7.05 Å². The fourth-order valence-electron chi connectivity index (χ4n) is 3.09. The Hall–Kier alpha value is -2.36. The Bertz CT molecular complexity index is 805. The zero-order valence-corrected chi connectivity index (χ0v) is 16.2. The van der Waals surface area contributed by atoms with Gasteiger partial charge in [0, 0.05) is 31.2 Å². The molecule has 0 spiro atoms. The van der Waals surface area contributed by atoms with E-state index in [1.54, 1.807) is 18.8 Å². The van der Waals surface area contributed by atoms with Crippen LogP contribution in [0.5, 0.6) is 0 Å². The van der Waals surface area contributed by atoms with Crippen molar-refractivity contribution in [3.8, 4) is 0 Å². The quantitative estimate of drug-likeness (QED) is 0.668. The summed E-state index contributed by atoms with van der Waals surface area (Å²) in [5.74, 6) is 0.623. The minimum absolute atomic E-state index is 0.0696. The molecule has 28 heavy (non-hydrogen) atoms. The van der Waals surface area contributed by atoms with Gasteiger partial charge in [0.05, 0.1) is 19.8 Å². The normalized spacial score (nSPS) is 15.0. The number of carbonyl (C=O) groups is 1.